The highest BCUT2D eigenvalue weighted by atomic mass is 79.9. The lowest BCUT2D eigenvalue weighted by atomic mass is 10.1. The summed E-state index contributed by atoms with van der Waals surface area (Å²) in [6.07, 6.45) is 0. The van der Waals surface area contributed by atoms with Crippen LogP contribution in [0.15, 0.2) is 0 Å². The fourth-order valence-electron chi connectivity index (χ4n) is 0. The van der Waals surface area contributed by atoms with E-state index in [1.807, 2.05) is 6.92 Å². The van der Waals surface area contributed by atoms with E-state index in [0.29, 0.717) is 0 Å². The van der Waals surface area contributed by atoms with Gasteiger partial charge in [-0.05, 0) is 20.8 Å². The van der Waals surface area contributed by atoms with Crippen LogP contribution in [0.4, 0.5) is 0 Å². The third-order valence-corrected chi connectivity index (χ3v) is 2.09. The molecule has 0 radical (unpaired) electrons. The van der Waals surface area contributed by atoms with Crippen LogP contribution in [0.5, 0.6) is 0 Å². The van der Waals surface area contributed by atoms with Crippen molar-refractivity contribution in [3.8, 4) is 0 Å². The quantitative estimate of drug-likeness (QED) is 0.587. The highest BCUT2D eigenvalue weighted by molar-refractivity contribution is 9.09. The monoisotopic (exact) mass is 166 g/mol. The smallest absolute Gasteiger partial charge is 0.0713 e. The zero-order valence-electron chi connectivity index (χ0n) is 4.90. The first-order valence-corrected chi connectivity index (χ1v) is 3.22. The van der Waals surface area contributed by atoms with Gasteiger partial charge in [-0.25, -0.2) is 0 Å². The molecule has 0 aliphatic rings. The molecule has 0 aliphatic heterocycles. The minimum atomic E-state index is -0.583. The number of halogens is 1. The van der Waals surface area contributed by atoms with Crippen LogP contribution in [0.3, 0.4) is 0 Å². The Labute approximate surface area is 52.9 Å². The molecule has 0 bridgehead atoms. The maximum absolute atomic E-state index is 9.05. The summed E-state index contributed by atoms with van der Waals surface area (Å²) in [6.45, 7) is 5.46. The predicted molar refractivity (Wildman–Crippen MR) is 34.7 cm³/mol. The summed E-state index contributed by atoms with van der Waals surface area (Å²) in [4.78, 5) is 0.167. The van der Waals surface area contributed by atoms with Crippen molar-refractivity contribution in [1.82, 2.24) is 0 Å². The van der Waals surface area contributed by atoms with Gasteiger partial charge >= 0.3 is 0 Å². The summed E-state index contributed by atoms with van der Waals surface area (Å²) in [5, 5.41) is 9.05. The summed E-state index contributed by atoms with van der Waals surface area (Å²) < 4.78 is 0. The molecule has 1 nitrogen and oxygen atoms in total. The van der Waals surface area contributed by atoms with Crippen molar-refractivity contribution in [2.75, 3.05) is 0 Å². The van der Waals surface area contributed by atoms with E-state index in [-0.39, 0.29) is 4.83 Å². The average Bonchev–Trinajstić information content (AvgIpc) is 1.31. The van der Waals surface area contributed by atoms with Gasteiger partial charge in [-0.15, -0.1) is 0 Å². The molecule has 0 saturated carbocycles. The summed E-state index contributed by atoms with van der Waals surface area (Å²) in [7, 11) is 0. The van der Waals surface area contributed by atoms with Crippen molar-refractivity contribution in [3.05, 3.63) is 0 Å². The molecule has 0 heterocycles. The number of alkyl halides is 1. The number of hydrogen-bond acceptors (Lipinski definition) is 1. The second kappa shape index (κ2) is 2.14. The maximum Gasteiger partial charge on any atom is 0.0713 e. The Balaban J connectivity index is 3.54. The molecular formula is C5H11BrO. The second-order valence-corrected chi connectivity index (χ2v) is 3.64. The van der Waals surface area contributed by atoms with Gasteiger partial charge < -0.3 is 5.11 Å². The lowest BCUT2D eigenvalue weighted by molar-refractivity contribution is 0.0843. The predicted octanol–water partition coefficient (Wildman–Crippen LogP) is 1.54. The van der Waals surface area contributed by atoms with Gasteiger partial charge in [-0.2, -0.15) is 0 Å². The molecule has 0 spiro atoms. The zero-order chi connectivity index (χ0) is 6.08. The van der Waals surface area contributed by atoms with Gasteiger partial charge in [-0.1, -0.05) is 15.9 Å². The standard InChI is InChI=1S/C5H11BrO/c1-4(6)5(2,3)7/h4,7H,1-3H3. The lowest BCUT2D eigenvalue weighted by Crippen LogP contribution is -2.28. The van der Waals surface area contributed by atoms with E-state index in [9.17, 15) is 0 Å². The first-order chi connectivity index (χ1) is 2.94. The van der Waals surface area contributed by atoms with Crippen LogP contribution in [-0.4, -0.2) is 15.5 Å². The topological polar surface area (TPSA) is 20.2 Å². The van der Waals surface area contributed by atoms with E-state index < -0.39 is 5.60 Å². The molecule has 0 amide bonds. The molecule has 1 unspecified atom stereocenters. The van der Waals surface area contributed by atoms with Crippen molar-refractivity contribution in [2.45, 2.75) is 31.2 Å². The third kappa shape index (κ3) is 3.06. The van der Waals surface area contributed by atoms with Crippen molar-refractivity contribution >= 4 is 15.9 Å². The van der Waals surface area contributed by atoms with Gasteiger partial charge in [0.2, 0.25) is 0 Å². The lowest BCUT2D eigenvalue weighted by Gasteiger charge is -2.19. The van der Waals surface area contributed by atoms with Gasteiger partial charge in [0.1, 0.15) is 0 Å². The largest absolute Gasteiger partial charge is 0.389 e. The van der Waals surface area contributed by atoms with E-state index in [1.54, 1.807) is 13.8 Å². The molecule has 1 atom stereocenters. The second-order valence-electron chi connectivity index (χ2n) is 2.27. The van der Waals surface area contributed by atoms with Crippen LogP contribution in [0, 0.1) is 0 Å². The van der Waals surface area contributed by atoms with Crippen molar-refractivity contribution in [2.24, 2.45) is 0 Å². The normalized spacial score (nSPS) is 16.7. The van der Waals surface area contributed by atoms with Gasteiger partial charge in [0.25, 0.3) is 0 Å². The Bertz CT molecular complexity index is 53.6. The average molecular weight is 167 g/mol. The number of hydrogen-bond donors (Lipinski definition) is 1. The van der Waals surface area contributed by atoms with Crippen LogP contribution >= 0.6 is 15.9 Å². The zero-order valence-corrected chi connectivity index (χ0v) is 6.49. The van der Waals surface area contributed by atoms with Crippen LogP contribution in [0.1, 0.15) is 20.8 Å². The molecule has 2 heteroatoms. The van der Waals surface area contributed by atoms with E-state index in [1.165, 1.54) is 0 Å². The van der Waals surface area contributed by atoms with Crippen molar-refractivity contribution in [3.63, 3.8) is 0 Å². The first kappa shape index (κ1) is 7.44. The first-order valence-electron chi connectivity index (χ1n) is 2.31. The molecule has 0 aliphatic carbocycles. The van der Waals surface area contributed by atoms with Gasteiger partial charge in [0, 0.05) is 4.83 Å². The van der Waals surface area contributed by atoms with Gasteiger partial charge in [0.15, 0.2) is 0 Å². The van der Waals surface area contributed by atoms with Crippen LogP contribution in [-0.2, 0) is 0 Å². The summed E-state index contributed by atoms with van der Waals surface area (Å²) >= 11 is 3.24. The van der Waals surface area contributed by atoms with Crippen molar-refractivity contribution < 1.29 is 5.11 Å². The number of rotatable bonds is 1. The van der Waals surface area contributed by atoms with Crippen LogP contribution in [0.2, 0.25) is 0 Å². The van der Waals surface area contributed by atoms with E-state index in [0.717, 1.165) is 0 Å². The Morgan fingerprint density at radius 1 is 1.57 bits per heavy atom. The minimum Gasteiger partial charge on any atom is -0.389 e. The molecular weight excluding hydrogens is 156 g/mol. The molecule has 0 aromatic rings. The summed E-state index contributed by atoms with van der Waals surface area (Å²) in [5.41, 5.74) is -0.583. The Hall–Kier alpha value is 0.440. The molecule has 0 fully saturated rings. The number of aliphatic hydroxyl groups is 1. The van der Waals surface area contributed by atoms with Gasteiger partial charge in [-0.3, -0.25) is 0 Å². The highest BCUT2D eigenvalue weighted by Crippen LogP contribution is 2.14. The SMILES string of the molecule is CC(Br)C(C)(C)O. The third-order valence-electron chi connectivity index (χ3n) is 0.973. The Morgan fingerprint density at radius 3 is 1.71 bits per heavy atom. The van der Waals surface area contributed by atoms with Crippen molar-refractivity contribution in [1.29, 1.82) is 0 Å². The molecule has 0 saturated heterocycles. The van der Waals surface area contributed by atoms with Crippen LogP contribution in [0.25, 0.3) is 0 Å². The highest BCUT2D eigenvalue weighted by Gasteiger charge is 2.18. The maximum atomic E-state index is 9.05. The van der Waals surface area contributed by atoms with E-state index >= 15 is 0 Å². The van der Waals surface area contributed by atoms with Crippen LogP contribution < -0.4 is 0 Å². The van der Waals surface area contributed by atoms with Gasteiger partial charge in [0.05, 0.1) is 5.60 Å². The molecule has 1 N–H and O–H groups in total. The summed E-state index contributed by atoms with van der Waals surface area (Å²) in [5.74, 6) is 0. The Morgan fingerprint density at radius 2 is 1.71 bits per heavy atom. The molecule has 44 valence electrons. The molecule has 0 aromatic heterocycles. The van der Waals surface area contributed by atoms with E-state index in [4.69, 9.17) is 5.11 Å². The van der Waals surface area contributed by atoms with E-state index in [2.05, 4.69) is 15.9 Å². The fourth-order valence-corrected chi connectivity index (χ4v) is 0. The molecule has 0 rings (SSSR count). The Kier molecular flexibility index (Phi) is 2.27. The molecule has 0 aromatic carbocycles. The summed E-state index contributed by atoms with van der Waals surface area (Å²) in [6, 6.07) is 0. The fraction of sp³-hybridized carbons (Fsp3) is 1.00. The molecule has 7 heavy (non-hydrogen) atoms. The minimum absolute atomic E-state index is 0.167.